The second-order valence-corrected chi connectivity index (χ2v) is 5.31. The van der Waals surface area contributed by atoms with Crippen LogP contribution in [0.2, 0.25) is 0 Å². The Bertz CT molecular complexity index is 265. The van der Waals surface area contributed by atoms with Gasteiger partial charge in [-0.15, -0.1) is 0 Å². The van der Waals surface area contributed by atoms with Crippen LogP contribution in [0, 0.1) is 17.3 Å². The lowest BCUT2D eigenvalue weighted by Gasteiger charge is -2.50. The molecule has 0 aromatic rings. The average molecular weight is 229 g/mol. The van der Waals surface area contributed by atoms with Crippen molar-refractivity contribution in [2.24, 2.45) is 17.3 Å². The monoisotopic (exact) mass is 228 g/mol. The van der Waals surface area contributed by atoms with Crippen LogP contribution in [0.1, 0.15) is 26.7 Å². The Morgan fingerprint density at radius 3 is 2.83 bits per heavy atom. The highest BCUT2D eigenvalue weighted by Gasteiger charge is 2.52. The van der Waals surface area contributed by atoms with Crippen molar-refractivity contribution in [2.45, 2.75) is 26.7 Å². The van der Waals surface area contributed by atoms with E-state index in [1.807, 2.05) is 6.08 Å². The number of ketones is 1. The molecule has 2 heteroatoms. The maximum Gasteiger partial charge on any atom is 0.173 e. The second kappa shape index (κ2) is 2.44. The molecule has 3 aliphatic rings. The molecular formula is C10H13BrO. The van der Waals surface area contributed by atoms with Crippen molar-refractivity contribution < 1.29 is 4.79 Å². The number of allylic oxidation sites excluding steroid dienone is 2. The van der Waals surface area contributed by atoms with Crippen LogP contribution in [-0.2, 0) is 4.79 Å². The fraction of sp³-hybridized carbons (Fsp3) is 0.700. The van der Waals surface area contributed by atoms with Crippen LogP contribution in [0.3, 0.4) is 0 Å². The normalized spacial score (nSPS) is 38.2. The number of rotatable bonds is 0. The SMILES string of the molecule is CC1(C)C2CC=C(Br)C(=O)C1C2. The predicted molar refractivity (Wildman–Crippen MR) is 52.0 cm³/mol. The molecule has 66 valence electrons. The number of fused-ring (bicyclic) bond motifs is 2. The fourth-order valence-corrected chi connectivity index (χ4v) is 2.84. The number of halogens is 1. The molecule has 0 aromatic heterocycles. The third kappa shape index (κ3) is 0.936. The first kappa shape index (κ1) is 8.49. The Labute approximate surface area is 81.4 Å². The third-order valence-electron chi connectivity index (χ3n) is 3.60. The summed E-state index contributed by atoms with van der Waals surface area (Å²) in [6, 6.07) is 0. The first-order chi connectivity index (χ1) is 5.53. The maximum atomic E-state index is 11.7. The van der Waals surface area contributed by atoms with Gasteiger partial charge in [0.2, 0.25) is 0 Å². The fourth-order valence-electron chi connectivity index (χ4n) is 2.37. The Kier molecular flexibility index (Phi) is 1.73. The molecular weight excluding hydrogens is 216 g/mol. The highest BCUT2D eigenvalue weighted by molar-refractivity contribution is 9.12. The van der Waals surface area contributed by atoms with Gasteiger partial charge in [0.1, 0.15) is 0 Å². The number of hydrogen-bond donors (Lipinski definition) is 0. The summed E-state index contributed by atoms with van der Waals surface area (Å²) >= 11 is 3.33. The van der Waals surface area contributed by atoms with E-state index in [4.69, 9.17) is 0 Å². The number of carbonyl (C=O) groups is 1. The van der Waals surface area contributed by atoms with Gasteiger partial charge in [0.25, 0.3) is 0 Å². The van der Waals surface area contributed by atoms with Gasteiger partial charge in [-0.1, -0.05) is 19.9 Å². The van der Waals surface area contributed by atoms with Crippen LogP contribution >= 0.6 is 15.9 Å². The minimum absolute atomic E-state index is 0.239. The zero-order valence-electron chi connectivity index (χ0n) is 7.43. The molecule has 1 nitrogen and oxygen atoms in total. The highest BCUT2D eigenvalue weighted by Crippen LogP contribution is 2.56. The molecule has 0 heterocycles. The van der Waals surface area contributed by atoms with Crippen LogP contribution in [0.15, 0.2) is 10.6 Å². The van der Waals surface area contributed by atoms with Crippen molar-refractivity contribution in [1.82, 2.24) is 0 Å². The molecule has 12 heavy (non-hydrogen) atoms. The van der Waals surface area contributed by atoms with E-state index in [0.717, 1.165) is 23.2 Å². The van der Waals surface area contributed by atoms with Gasteiger partial charge in [-0.25, -0.2) is 0 Å². The van der Waals surface area contributed by atoms with E-state index in [1.54, 1.807) is 0 Å². The lowest BCUT2D eigenvalue weighted by Crippen LogP contribution is -2.47. The van der Waals surface area contributed by atoms with Gasteiger partial charge in [-0.3, -0.25) is 4.79 Å². The van der Waals surface area contributed by atoms with E-state index in [-0.39, 0.29) is 11.3 Å². The van der Waals surface area contributed by atoms with Crippen molar-refractivity contribution in [2.75, 3.05) is 0 Å². The molecule has 3 aliphatic carbocycles. The third-order valence-corrected chi connectivity index (χ3v) is 4.32. The van der Waals surface area contributed by atoms with Crippen molar-refractivity contribution in [3.8, 4) is 0 Å². The lowest BCUT2D eigenvalue weighted by molar-refractivity contribution is -0.132. The Morgan fingerprint density at radius 1 is 1.58 bits per heavy atom. The summed E-state index contributed by atoms with van der Waals surface area (Å²) in [5.41, 5.74) is 0.239. The van der Waals surface area contributed by atoms with Crippen molar-refractivity contribution in [1.29, 1.82) is 0 Å². The molecule has 2 unspecified atom stereocenters. The summed E-state index contributed by atoms with van der Waals surface area (Å²) < 4.78 is 0.806. The minimum atomic E-state index is 0.239. The summed E-state index contributed by atoms with van der Waals surface area (Å²) in [4.78, 5) is 11.7. The maximum absolute atomic E-state index is 11.7. The van der Waals surface area contributed by atoms with Crippen LogP contribution < -0.4 is 0 Å². The molecule has 0 spiro atoms. The first-order valence-corrected chi connectivity index (χ1v) is 5.22. The standard InChI is InChI=1S/C10H13BrO/c1-10(2)6-3-4-8(11)9(12)7(10)5-6/h4,6-7H,3,5H2,1-2H3. The van der Waals surface area contributed by atoms with Crippen LogP contribution in [0.4, 0.5) is 0 Å². The van der Waals surface area contributed by atoms with Crippen molar-refractivity contribution in [3.05, 3.63) is 10.6 Å². The predicted octanol–water partition coefficient (Wildman–Crippen LogP) is 2.90. The molecule has 0 N–H and O–H groups in total. The van der Waals surface area contributed by atoms with Crippen molar-refractivity contribution >= 4 is 21.7 Å². The molecule has 0 aliphatic heterocycles. The largest absolute Gasteiger partial charge is 0.293 e. The van der Waals surface area contributed by atoms with Crippen LogP contribution in [0.25, 0.3) is 0 Å². The first-order valence-electron chi connectivity index (χ1n) is 4.43. The van der Waals surface area contributed by atoms with E-state index >= 15 is 0 Å². The van der Waals surface area contributed by atoms with Gasteiger partial charge in [0.05, 0.1) is 4.48 Å². The smallest absolute Gasteiger partial charge is 0.173 e. The Morgan fingerprint density at radius 2 is 2.25 bits per heavy atom. The number of hydrogen-bond acceptors (Lipinski definition) is 1. The second-order valence-electron chi connectivity index (χ2n) is 4.46. The average Bonchev–Trinajstić information content (AvgIpc) is 2.18. The lowest BCUT2D eigenvalue weighted by atomic mass is 9.54. The van der Waals surface area contributed by atoms with E-state index in [0.29, 0.717) is 5.78 Å². The molecule has 0 amide bonds. The molecule has 0 aromatic carbocycles. The number of Topliss-reactive ketones (excluding diaryl/α,β-unsaturated/α-hetero) is 1. The zero-order chi connectivity index (χ0) is 8.93. The summed E-state index contributed by atoms with van der Waals surface area (Å²) in [6.45, 7) is 4.42. The van der Waals surface area contributed by atoms with Crippen LogP contribution in [0.5, 0.6) is 0 Å². The van der Waals surface area contributed by atoms with E-state index in [9.17, 15) is 4.79 Å². The highest BCUT2D eigenvalue weighted by atomic mass is 79.9. The van der Waals surface area contributed by atoms with Gasteiger partial charge in [-0.05, 0) is 40.1 Å². The summed E-state index contributed by atoms with van der Waals surface area (Å²) in [5.74, 6) is 1.31. The summed E-state index contributed by atoms with van der Waals surface area (Å²) in [6.07, 6.45) is 4.20. The quantitative estimate of drug-likeness (QED) is 0.624. The zero-order valence-corrected chi connectivity index (χ0v) is 9.02. The molecule has 1 saturated carbocycles. The Hall–Kier alpha value is -0.110. The van der Waals surface area contributed by atoms with E-state index in [1.165, 1.54) is 0 Å². The topological polar surface area (TPSA) is 17.1 Å². The minimum Gasteiger partial charge on any atom is -0.293 e. The van der Waals surface area contributed by atoms with Gasteiger partial charge in [0.15, 0.2) is 5.78 Å². The molecule has 0 radical (unpaired) electrons. The van der Waals surface area contributed by atoms with Crippen LogP contribution in [-0.4, -0.2) is 5.78 Å². The van der Waals surface area contributed by atoms with E-state index < -0.39 is 0 Å². The van der Waals surface area contributed by atoms with E-state index in [2.05, 4.69) is 29.8 Å². The molecule has 2 bridgehead atoms. The summed E-state index contributed by atoms with van der Waals surface area (Å²) in [5, 5.41) is 0. The molecule has 3 rings (SSSR count). The van der Waals surface area contributed by atoms with Crippen molar-refractivity contribution in [3.63, 3.8) is 0 Å². The molecule has 2 atom stereocenters. The van der Waals surface area contributed by atoms with Gasteiger partial charge < -0.3 is 0 Å². The molecule has 0 saturated heterocycles. The van der Waals surface area contributed by atoms with Gasteiger partial charge in [0, 0.05) is 5.92 Å². The Balaban J connectivity index is 2.33. The molecule has 1 fully saturated rings. The van der Waals surface area contributed by atoms with Gasteiger partial charge >= 0.3 is 0 Å². The number of carbonyl (C=O) groups excluding carboxylic acids is 1. The summed E-state index contributed by atoms with van der Waals surface area (Å²) in [7, 11) is 0. The van der Waals surface area contributed by atoms with Gasteiger partial charge in [-0.2, -0.15) is 0 Å².